The maximum atomic E-state index is 11.9. The minimum absolute atomic E-state index is 0.0454. The lowest BCUT2D eigenvalue weighted by Crippen LogP contribution is -2.44. The molecule has 7 nitrogen and oxygen atoms in total. The Kier molecular flexibility index (Phi) is 6.80. The van der Waals surface area contributed by atoms with Gasteiger partial charge in [0.05, 0.1) is 0 Å². The Bertz CT molecular complexity index is 633. The predicted molar refractivity (Wildman–Crippen MR) is 92.5 cm³/mol. The van der Waals surface area contributed by atoms with E-state index in [-0.39, 0.29) is 30.4 Å². The van der Waals surface area contributed by atoms with Crippen LogP contribution in [0.3, 0.4) is 0 Å². The third-order valence-corrected chi connectivity index (χ3v) is 4.22. The summed E-state index contributed by atoms with van der Waals surface area (Å²) >= 11 is 0. The summed E-state index contributed by atoms with van der Waals surface area (Å²) < 4.78 is 5.41. The number of benzene rings is 1. The number of hydrogen-bond acceptors (Lipinski definition) is 4. The van der Waals surface area contributed by atoms with Crippen LogP contribution in [0.5, 0.6) is 5.75 Å². The molecule has 0 unspecified atom stereocenters. The fraction of sp³-hybridized carbons (Fsp3) is 0.500. The Morgan fingerprint density at radius 3 is 2.56 bits per heavy atom. The van der Waals surface area contributed by atoms with E-state index in [9.17, 15) is 14.4 Å². The molecular formula is C18H25N3O4. The van der Waals surface area contributed by atoms with Gasteiger partial charge in [-0.05, 0) is 43.7 Å². The average molecular weight is 347 g/mol. The van der Waals surface area contributed by atoms with Crippen molar-refractivity contribution in [3.63, 3.8) is 0 Å². The molecule has 3 N–H and O–H groups in total. The highest BCUT2D eigenvalue weighted by Crippen LogP contribution is 2.28. The molecule has 1 aromatic carbocycles. The summed E-state index contributed by atoms with van der Waals surface area (Å²) in [6.07, 6.45) is 2.89. The summed E-state index contributed by atoms with van der Waals surface area (Å²) in [6.45, 7) is 3.22. The van der Waals surface area contributed by atoms with Gasteiger partial charge in [0.2, 0.25) is 11.8 Å². The summed E-state index contributed by atoms with van der Waals surface area (Å²) in [6, 6.07) is 7.55. The summed E-state index contributed by atoms with van der Waals surface area (Å²) in [5.41, 5.74) is 5.71. The van der Waals surface area contributed by atoms with Crippen molar-refractivity contribution in [2.75, 3.05) is 6.61 Å². The first-order valence-electron chi connectivity index (χ1n) is 8.47. The van der Waals surface area contributed by atoms with Crippen LogP contribution in [0.15, 0.2) is 24.3 Å². The standard InChI is InChI=1S/C18H25N3O4/c1-12-5-3-4-6-16(12)25-11-18(24)21-20-17(23)10-14-7-8-15(9-14)19-13(2)22/h3-6,14-15H,7-11H2,1-2H3,(H,19,22)(H,20,23)(H,21,24)/t14-,15+/m1/s1. The summed E-state index contributed by atoms with van der Waals surface area (Å²) in [7, 11) is 0. The van der Waals surface area contributed by atoms with E-state index < -0.39 is 5.91 Å². The molecule has 0 aliphatic heterocycles. The molecule has 0 spiro atoms. The second-order valence-electron chi connectivity index (χ2n) is 6.43. The second kappa shape index (κ2) is 9.05. The van der Waals surface area contributed by atoms with E-state index in [4.69, 9.17) is 4.74 Å². The number of carbonyl (C=O) groups is 3. The summed E-state index contributed by atoms with van der Waals surface area (Å²) in [4.78, 5) is 34.7. The number of amides is 3. The molecule has 1 aliphatic carbocycles. The maximum absolute atomic E-state index is 11.9. The van der Waals surface area contributed by atoms with E-state index in [1.54, 1.807) is 6.07 Å². The topological polar surface area (TPSA) is 96.5 Å². The van der Waals surface area contributed by atoms with Crippen LogP contribution < -0.4 is 20.9 Å². The van der Waals surface area contributed by atoms with Crippen molar-refractivity contribution in [2.24, 2.45) is 5.92 Å². The molecule has 0 heterocycles. The number of rotatable bonds is 6. The molecule has 1 saturated carbocycles. The second-order valence-corrected chi connectivity index (χ2v) is 6.43. The fourth-order valence-electron chi connectivity index (χ4n) is 3.03. The summed E-state index contributed by atoms with van der Waals surface area (Å²) in [5, 5.41) is 2.88. The molecule has 2 rings (SSSR count). The van der Waals surface area contributed by atoms with Crippen LogP contribution in [0.2, 0.25) is 0 Å². The van der Waals surface area contributed by atoms with E-state index in [1.165, 1.54) is 6.92 Å². The molecular weight excluding hydrogens is 322 g/mol. The zero-order chi connectivity index (χ0) is 18.2. The van der Waals surface area contributed by atoms with Gasteiger partial charge in [0.1, 0.15) is 5.75 Å². The van der Waals surface area contributed by atoms with Gasteiger partial charge in [-0.2, -0.15) is 0 Å². The molecule has 1 aliphatic rings. The Labute approximate surface area is 147 Å². The Morgan fingerprint density at radius 1 is 1.12 bits per heavy atom. The van der Waals surface area contributed by atoms with E-state index in [0.29, 0.717) is 12.2 Å². The molecule has 2 atom stereocenters. The number of carbonyl (C=O) groups excluding carboxylic acids is 3. The zero-order valence-corrected chi connectivity index (χ0v) is 14.6. The number of para-hydroxylation sites is 1. The van der Waals surface area contributed by atoms with Crippen molar-refractivity contribution in [1.29, 1.82) is 0 Å². The van der Waals surface area contributed by atoms with Crippen LogP contribution in [0, 0.1) is 12.8 Å². The molecule has 7 heteroatoms. The van der Waals surface area contributed by atoms with Crippen LogP contribution in [0.1, 0.15) is 38.2 Å². The van der Waals surface area contributed by atoms with Gasteiger partial charge in [0.15, 0.2) is 6.61 Å². The van der Waals surface area contributed by atoms with Crippen LogP contribution >= 0.6 is 0 Å². The normalized spacial score (nSPS) is 19.1. The van der Waals surface area contributed by atoms with Gasteiger partial charge in [-0.15, -0.1) is 0 Å². The predicted octanol–water partition coefficient (Wildman–Crippen LogP) is 1.22. The van der Waals surface area contributed by atoms with Crippen LogP contribution in [-0.2, 0) is 14.4 Å². The SMILES string of the molecule is CC(=O)N[C@H]1CC[C@@H](CC(=O)NNC(=O)COc2ccccc2C)C1. The van der Waals surface area contributed by atoms with Gasteiger partial charge in [-0.25, -0.2) is 0 Å². The van der Waals surface area contributed by atoms with E-state index in [2.05, 4.69) is 16.2 Å². The zero-order valence-electron chi connectivity index (χ0n) is 14.6. The number of hydrazine groups is 1. The minimum Gasteiger partial charge on any atom is -0.483 e. The molecule has 0 aromatic heterocycles. The molecule has 0 saturated heterocycles. The smallest absolute Gasteiger partial charge is 0.276 e. The third-order valence-electron chi connectivity index (χ3n) is 4.22. The molecule has 0 radical (unpaired) electrons. The maximum Gasteiger partial charge on any atom is 0.276 e. The first-order valence-corrected chi connectivity index (χ1v) is 8.47. The van der Waals surface area contributed by atoms with Gasteiger partial charge in [0.25, 0.3) is 5.91 Å². The van der Waals surface area contributed by atoms with E-state index in [1.807, 2.05) is 25.1 Å². The van der Waals surface area contributed by atoms with Gasteiger partial charge in [-0.1, -0.05) is 18.2 Å². The monoisotopic (exact) mass is 347 g/mol. The Hall–Kier alpha value is -2.57. The minimum atomic E-state index is -0.417. The Morgan fingerprint density at radius 2 is 1.84 bits per heavy atom. The van der Waals surface area contributed by atoms with Crippen molar-refractivity contribution < 1.29 is 19.1 Å². The highest BCUT2D eigenvalue weighted by molar-refractivity contribution is 5.82. The molecule has 1 fully saturated rings. The lowest BCUT2D eigenvalue weighted by Gasteiger charge is -2.13. The van der Waals surface area contributed by atoms with Crippen LogP contribution in [-0.4, -0.2) is 30.4 Å². The number of nitrogens with one attached hydrogen (secondary N) is 3. The first-order chi connectivity index (χ1) is 11.9. The fourth-order valence-corrected chi connectivity index (χ4v) is 3.03. The van der Waals surface area contributed by atoms with Gasteiger partial charge >= 0.3 is 0 Å². The third kappa shape index (κ3) is 6.45. The highest BCUT2D eigenvalue weighted by atomic mass is 16.5. The lowest BCUT2D eigenvalue weighted by atomic mass is 10.0. The molecule has 0 bridgehead atoms. The average Bonchev–Trinajstić information content (AvgIpc) is 2.98. The van der Waals surface area contributed by atoms with Crippen LogP contribution in [0.4, 0.5) is 0 Å². The van der Waals surface area contributed by atoms with Gasteiger partial charge in [0, 0.05) is 19.4 Å². The van der Waals surface area contributed by atoms with Gasteiger partial charge in [-0.3, -0.25) is 25.2 Å². The summed E-state index contributed by atoms with van der Waals surface area (Å²) in [5.74, 6) is 0.156. The molecule has 136 valence electrons. The van der Waals surface area contributed by atoms with Crippen molar-refractivity contribution in [1.82, 2.24) is 16.2 Å². The van der Waals surface area contributed by atoms with Crippen molar-refractivity contribution >= 4 is 17.7 Å². The lowest BCUT2D eigenvalue weighted by molar-refractivity contribution is -0.130. The highest BCUT2D eigenvalue weighted by Gasteiger charge is 2.26. The largest absolute Gasteiger partial charge is 0.483 e. The van der Waals surface area contributed by atoms with E-state index >= 15 is 0 Å². The van der Waals surface area contributed by atoms with Crippen LogP contribution in [0.25, 0.3) is 0 Å². The molecule has 1 aromatic rings. The van der Waals surface area contributed by atoms with Crippen molar-refractivity contribution in [2.45, 2.75) is 45.6 Å². The van der Waals surface area contributed by atoms with Gasteiger partial charge < -0.3 is 10.1 Å². The number of hydrogen-bond donors (Lipinski definition) is 3. The number of ether oxygens (including phenoxy) is 1. The number of aryl methyl sites for hydroxylation is 1. The van der Waals surface area contributed by atoms with Crippen molar-refractivity contribution in [3.05, 3.63) is 29.8 Å². The molecule has 25 heavy (non-hydrogen) atoms. The van der Waals surface area contributed by atoms with Crippen molar-refractivity contribution in [3.8, 4) is 5.75 Å². The first kappa shape index (κ1) is 18.8. The Balaban J connectivity index is 1.64. The quantitative estimate of drug-likeness (QED) is 0.674. The van der Waals surface area contributed by atoms with E-state index in [0.717, 1.165) is 24.8 Å². The molecule has 3 amide bonds.